The molecule has 1 aromatic rings. The van der Waals surface area contributed by atoms with Gasteiger partial charge in [0.1, 0.15) is 0 Å². The summed E-state index contributed by atoms with van der Waals surface area (Å²) < 4.78 is 0.916. The van der Waals surface area contributed by atoms with Crippen LogP contribution in [0.1, 0.15) is 51.9 Å². The number of rotatable bonds is 8. The Kier molecular flexibility index (Phi) is 7.56. The van der Waals surface area contributed by atoms with E-state index in [1.165, 1.54) is 25.7 Å². The number of benzene rings is 1. The van der Waals surface area contributed by atoms with Crippen molar-refractivity contribution in [2.24, 2.45) is 0 Å². The predicted molar refractivity (Wildman–Crippen MR) is 85.2 cm³/mol. The van der Waals surface area contributed by atoms with Crippen LogP contribution in [0.3, 0.4) is 0 Å². The van der Waals surface area contributed by atoms with Crippen LogP contribution in [0.5, 0.6) is 0 Å². The molecule has 0 aliphatic carbocycles. The predicted octanol–water partition coefficient (Wildman–Crippen LogP) is 4.72. The molecule has 0 bridgehead atoms. The van der Waals surface area contributed by atoms with E-state index in [2.05, 4.69) is 28.2 Å². The molecule has 0 aliphatic heterocycles. The van der Waals surface area contributed by atoms with Crippen LogP contribution in [0.25, 0.3) is 0 Å². The van der Waals surface area contributed by atoms with E-state index in [9.17, 15) is 4.79 Å². The standard InChI is InChI=1S/C15H23BrN2O/c1-2-3-4-5-6-7-8-15(19)18-14-10-9-12(16)11-13(14)17/h9-11H,2-8,17H2,1H3,(H,18,19). The van der Waals surface area contributed by atoms with E-state index in [-0.39, 0.29) is 5.91 Å². The molecule has 0 radical (unpaired) electrons. The summed E-state index contributed by atoms with van der Waals surface area (Å²) >= 11 is 3.34. The fourth-order valence-electron chi connectivity index (χ4n) is 1.93. The Balaban J connectivity index is 2.23. The molecule has 0 unspecified atom stereocenters. The minimum absolute atomic E-state index is 0.0458. The molecule has 0 aromatic heterocycles. The first kappa shape index (κ1) is 16.0. The molecule has 1 amide bonds. The highest BCUT2D eigenvalue weighted by atomic mass is 79.9. The first-order valence-electron chi connectivity index (χ1n) is 6.98. The molecule has 0 saturated heterocycles. The van der Waals surface area contributed by atoms with Crippen molar-refractivity contribution < 1.29 is 4.79 Å². The van der Waals surface area contributed by atoms with Gasteiger partial charge >= 0.3 is 0 Å². The Morgan fingerprint density at radius 1 is 1.21 bits per heavy atom. The Morgan fingerprint density at radius 2 is 1.89 bits per heavy atom. The van der Waals surface area contributed by atoms with Gasteiger partial charge in [-0.3, -0.25) is 4.79 Å². The normalized spacial score (nSPS) is 10.4. The van der Waals surface area contributed by atoms with Crippen molar-refractivity contribution in [2.45, 2.75) is 51.9 Å². The molecule has 1 aromatic carbocycles. The molecule has 0 spiro atoms. The number of nitrogens with one attached hydrogen (secondary N) is 1. The van der Waals surface area contributed by atoms with E-state index in [1.807, 2.05) is 12.1 Å². The van der Waals surface area contributed by atoms with Crippen LogP contribution < -0.4 is 11.1 Å². The van der Waals surface area contributed by atoms with Crippen LogP contribution in [-0.2, 0) is 4.79 Å². The first-order valence-corrected chi connectivity index (χ1v) is 7.77. The van der Waals surface area contributed by atoms with Crippen LogP contribution in [0.15, 0.2) is 22.7 Å². The van der Waals surface area contributed by atoms with Gasteiger partial charge in [0.05, 0.1) is 11.4 Å². The zero-order chi connectivity index (χ0) is 14.1. The molecular formula is C15H23BrN2O. The summed E-state index contributed by atoms with van der Waals surface area (Å²) in [5.74, 6) is 0.0458. The Labute approximate surface area is 124 Å². The van der Waals surface area contributed by atoms with Gasteiger partial charge in [0.25, 0.3) is 0 Å². The SMILES string of the molecule is CCCCCCCCC(=O)Nc1ccc(Br)cc1N. The van der Waals surface area contributed by atoms with Crippen LogP contribution in [0.4, 0.5) is 11.4 Å². The average Bonchev–Trinajstić information content (AvgIpc) is 2.37. The molecule has 0 atom stereocenters. The van der Waals surface area contributed by atoms with Gasteiger partial charge in [0.15, 0.2) is 0 Å². The van der Waals surface area contributed by atoms with E-state index >= 15 is 0 Å². The zero-order valence-electron chi connectivity index (χ0n) is 11.5. The number of halogens is 1. The van der Waals surface area contributed by atoms with Gasteiger partial charge in [-0.1, -0.05) is 55.0 Å². The largest absolute Gasteiger partial charge is 0.397 e. The summed E-state index contributed by atoms with van der Waals surface area (Å²) in [7, 11) is 0. The Morgan fingerprint density at radius 3 is 2.58 bits per heavy atom. The third-order valence-electron chi connectivity index (χ3n) is 3.05. The molecule has 1 rings (SSSR count). The highest BCUT2D eigenvalue weighted by Gasteiger charge is 2.05. The van der Waals surface area contributed by atoms with Gasteiger partial charge in [-0.15, -0.1) is 0 Å². The van der Waals surface area contributed by atoms with Crippen molar-refractivity contribution in [3.63, 3.8) is 0 Å². The lowest BCUT2D eigenvalue weighted by atomic mass is 10.1. The van der Waals surface area contributed by atoms with E-state index in [4.69, 9.17) is 5.73 Å². The van der Waals surface area contributed by atoms with E-state index in [0.717, 1.165) is 17.3 Å². The van der Waals surface area contributed by atoms with E-state index in [1.54, 1.807) is 6.07 Å². The van der Waals surface area contributed by atoms with Crippen molar-refractivity contribution >= 4 is 33.2 Å². The summed E-state index contributed by atoms with van der Waals surface area (Å²) in [6.45, 7) is 2.20. The molecule has 0 saturated carbocycles. The smallest absolute Gasteiger partial charge is 0.224 e. The fraction of sp³-hybridized carbons (Fsp3) is 0.533. The topological polar surface area (TPSA) is 55.1 Å². The molecule has 3 nitrogen and oxygen atoms in total. The molecule has 0 heterocycles. The van der Waals surface area contributed by atoms with Crippen molar-refractivity contribution in [1.29, 1.82) is 0 Å². The van der Waals surface area contributed by atoms with Crippen LogP contribution in [0, 0.1) is 0 Å². The first-order chi connectivity index (χ1) is 9.13. The van der Waals surface area contributed by atoms with Gasteiger partial charge in [-0.2, -0.15) is 0 Å². The maximum atomic E-state index is 11.8. The van der Waals surface area contributed by atoms with E-state index in [0.29, 0.717) is 17.8 Å². The van der Waals surface area contributed by atoms with Crippen LogP contribution in [0.2, 0.25) is 0 Å². The van der Waals surface area contributed by atoms with Crippen molar-refractivity contribution in [2.75, 3.05) is 11.1 Å². The number of nitrogen functional groups attached to an aromatic ring is 1. The average molecular weight is 327 g/mol. The summed E-state index contributed by atoms with van der Waals surface area (Å²) in [4.78, 5) is 11.8. The number of unbranched alkanes of at least 4 members (excludes halogenated alkanes) is 5. The highest BCUT2D eigenvalue weighted by molar-refractivity contribution is 9.10. The molecule has 4 heteroatoms. The second kappa shape index (κ2) is 8.97. The lowest BCUT2D eigenvalue weighted by molar-refractivity contribution is -0.116. The maximum Gasteiger partial charge on any atom is 0.224 e. The molecular weight excluding hydrogens is 304 g/mol. The lowest BCUT2D eigenvalue weighted by Crippen LogP contribution is -2.12. The summed E-state index contributed by atoms with van der Waals surface area (Å²) in [5, 5.41) is 2.85. The molecule has 0 fully saturated rings. The second-order valence-electron chi connectivity index (χ2n) is 4.80. The van der Waals surface area contributed by atoms with Gasteiger partial charge in [0.2, 0.25) is 5.91 Å². The number of hydrogen-bond acceptors (Lipinski definition) is 2. The monoisotopic (exact) mass is 326 g/mol. The van der Waals surface area contributed by atoms with Crippen molar-refractivity contribution in [3.8, 4) is 0 Å². The molecule has 3 N–H and O–H groups in total. The Hall–Kier alpha value is -1.03. The lowest BCUT2D eigenvalue weighted by Gasteiger charge is -2.08. The van der Waals surface area contributed by atoms with Crippen molar-refractivity contribution in [3.05, 3.63) is 22.7 Å². The zero-order valence-corrected chi connectivity index (χ0v) is 13.1. The third-order valence-corrected chi connectivity index (χ3v) is 3.54. The van der Waals surface area contributed by atoms with Crippen molar-refractivity contribution in [1.82, 2.24) is 0 Å². The number of hydrogen-bond donors (Lipinski definition) is 2. The van der Waals surface area contributed by atoms with Gasteiger partial charge in [0, 0.05) is 10.9 Å². The second-order valence-corrected chi connectivity index (χ2v) is 5.71. The van der Waals surface area contributed by atoms with Crippen LogP contribution in [-0.4, -0.2) is 5.91 Å². The maximum absolute atomic E-state index is 11.8. The van der Waals surface area contributed by atoms with E-state index < -0.39 is 0 Å². The molecule has 106 valence electrons. The minimum atomic E-state index is 0.0458. The van der Waals surface area contributed by atoms with Crippen LogP contribution >= 0.6 is 15.9 Å². The number of carbonyl (C=O) groups is 1. The summed E-state index contributed by atoms with van der Waals surface area (Å²) in [6, 6.07) is 5.48. The van der Waals surface area contributed by atoms with Gasteiger partial charge < -0.3 is 11.1 Å². The quantitative estimate of drug-likeness (QED) is 0.536. The highest BCUT2D eigenvalue weighted by Crippen LogP contribution is 2.23. The van der Waals surface area contributed by atoms with Gasteiger partial charge in [-0.05, 0) is 24.6 Å². The summed E-state index contributed by atoms with van der Waals surface area (Å²) in [6.07, 6.45) is 7.70. The minimum Gasteiger partial charge on any atom is -0.397 e. The summed E-state index contributed by atoms with van der Waals surface area (Å²) in [5.41, 5.74) is 7.12. The number of carbonyl (C=O) groups excluding carboxylic acids is 1. The number of nitrogens with two attached hydrogens (primary N) is 1. The molecule has 0 aliphatic rings. The number of anilines is 2. The molecule has 19 heavy (non-hydrogen) atoms. The Bertz CT molecular complexity index is 407. The number of amides is 1. The van der Waals surface area contributed by atoms with Gasteiger partial charge in [-0.25, -0.2) is 0 Å². The third kappa shape index (κ3) is 6.62. The fourth-order valence-corrected chi connectivity index (χ4v) is 2.30.